The Kier molecular flexibility index (Phi) is 6.41. The summed E-state index contributed by atoms with van der Waals surface area (Å²) in [5, 5.41) is 0. The van der Waals surface area contributed by atoms with E-state index in [4.69, 9.17) is 0 Å². The van der Waals surface area contributed by atoms with Gasteiger partial charge >= 0.3 is 0 Å². The van der Waals surface area contributed by atoms with Crippen LogP contribution in [0.1, 0.15) is 39.5 Å². The molecule has 0 unspecified atom stereocenters. The van der Waals surface area contributed by atoms with Gasteiger partial charge in [0.2, 0.25) is 5.91 Å². The molecule has 3 heteroatoms. The van der Waals surface area contributed by atoms with Crippen LogP contribution < -0.4 is 0 Å². The molecule has 0 radical (unpaired) electrons. The maximum atomic E-state index is 12.2. The summed E-state index contributed by atoms with van der Waals surface area (Å²) in [4.78, 5) is 16.4. The van der Waals surface area contributed by atoms with Crippen LogP contribution in [0.2, 0.25) is 0 Å². The number of likely N-dealkylation sites (N-methyl/N-ethyl adjacent to an activating group) is 1. The molecular weight excluding hydrogens is 224 g/mol. The van der Waals surface area contributed by atoms with Gasteiger partial charge in [0, 0.05) is 19.1 Å². The van der Waals surface area contributed by atoms with E-state index in [1.165, 1.54) is 12.8 Å². The number of carbonyl (C=O) groups is 1. The van der Waals surface area contributed by atoms with Crippen molar-refractivity contribution in [1.29, 1.82) is 0 Å². The Morgan fingerprint density at radius 2 is 1.78 bits per heavy atom. The molecule has 0 aromatic heterocycles. The van der Waals surface area contributed by atoms with Crippen molar-refractivity contribution < 1.29 is 4.79 Å². The highest BCUT2D eigenvalue weighted by atomic mass is 16.2. The first-order valence-electron chi connectivity index (χ1n) is 7.12. The first-order valence-corrected chi connectivity index (χ1v) is 7.12. The molecule has 1 aliphatic rings. The maximum absolute atomic E-state index is 12.2. The predicted octanol–water partition coefficient (Wildman–Crippen LogP) is 2.53. The lowest BCUT2D eigenvalue weighted by atomic mass is 9.86. The van der Waals surface area contributed by atoms with Crippen molar-refractivity contribution >= 4 is 5.91 Å². The van der Waals surface area contributed by atoms with Gasteiger partial charge in [-0.2, -0.15) is 0 Å². The molecule has 18 heavy (non-hydrogen) atoms. The number of carbonyl (C=O) groups excluding carboxylic acids is 1. The van der Waals surface area contributed by atoms with Gasteiger partial charge < -0.3 is 9.80 Å². The van der Waals surface area contributed by atoms with Gasteiger partial charge in [-0.3, -0.25) is 4.79 Å². The van der Waals surface area contributed by atoms with Crippen molar-refractivity contribution in [1.82, 2.24) is 9.80 Å². The van der Waals surface area contributed by atoms with Crippen LogP contribution in [0.15, 0.2) is 12.2 Å². The standard InChI is InChI=1S/C15H28N2O/c1-5-6-15(18)17(12-11-16(3)4)14-9-7-13(2)8-10-14/h5-6,13-14H,7-12H2,1-4H3. The fourth-order valence-corrected chi connectivity index (χ4v) is 2.57. The highest BCUT2D eigenvalue weighted by Crippen LogP contribution is 2.27. The minimum atomic E-state index is 0.180. The number of rotatable bonds is 5. The molecule has 1 saturated carbocycles. The van der Waals surface area contributed by atoms with E-state index in [9.17, 15) is 4.79 Å². The number of amides is 1. The summed E-state index contributed by atoms with van der Waals surface area (Å²) >= 11 is 0. The van der Waals surface area contributed by atoms with Crippen molar-refractivity contribution in [3.05, 3.63) is 12.2 Å². The van der Waals surface area contributed by atoms with E-state index >= 15 is 0 Å². The predicted molar refractivity (Wildman–Crippen MR) is 76.5 cm³/mol. The highest BCUT2D eigenvalue weighted by Gasteiger charge is 2.26. The molecule has 0 aliphatic heterocycles. The van der Waals surface area contributed by atoms with Gasteiger partial charge in [-0.1, -0.05) is 13.0 Å². The third-order valence-electron chi connectivity index (χ3n) is 3.81. The molecule has 0 spiro atoms. The second kappa shape index (κ2) is 7.57. The van der Waals surface area contributed by atoms with E-state index in [2.05, 4.69) is 30.8 Å². The van der Waals surface area contributed by atoms with E-state index < -0.39 is 0 Å². The van der Waals surface area contributed by atoms with Crippen LogP contribution in [0.3, 0.4) is 0 Å². The number of nitrogens with zero attached hydrogens (tertiary/aromatic N) is 2. The summed E-state index contributed by atoms with van der Waals surface area (Å²) in [5.74, 6) is 1.01. The van der Waals surface area contributed by atoms with Crippen LogP contribution in [0.25, 0.3) is 0 Å². The molecule has 0 bridgehead atoms. The molecular formula is C15H28N2O. The van der Waals surface area contributed by atoms with Gasteiger partial charge in [0.15, 0.2) is 0 Å². The van der Waals surface area contributed by atoms with Crippen LogP contribution in [-0.4, -0.2) is 48.9 Å². The summed E-state index contributed by atoms with van der Waals surface area (Å²) in [6.45, 7) is 6.00. The second-order valence-corrected chi connectivity index (χ2v) is 5.75. The molecule has 1 amide bonds. The Labute approximate surface area is 112 Å². The van der Waals surface area contributed by atoms with E-state index in [0.717, 1.165) is 31.8 Å². The lowest BCUT2D eigenvalue weighted by Crippen LogP contribution is -2.44. The Bertz CT molecular complexity index is 278. The summed E-state index contributed by atoms with van der Waals surface area (Å²) in [6, 6.07) is 0.449. The fourth-order valence-electron chi connectivity index (χ4n) is 2.57. The quantitative estimate of drug-likeness (QED) is 0.702. The van der Waals surface area contributed by atoms with Crippen LogP contribution >= 0.6 is 0 Å². The van der Waals surface area contributed by atoms with E-state index in [0.29, 0.717) is 6.04 Å². The molecule has 3 nitrogen and oxygen atoms in total. The van der Waals surface area contributed by atoms with Gasteiger partial charge in [0.05, 0.1) is 0 Å². The average Bonchev–Trinajstić information content (AvgIpc) is 2.31. The Morgan fingerprint density at radius 3 is 2.28 bits per heavy atom. The largest absolute Gasteiger partial charge is 0.335 e. The summed E-state index contributed by atoms with van der Waals surface area (Å²) in [5.41, 5.74) is 0. The van der Waals surface area contributed by atoms with Crippen molar-refractivity contribution in [2.45, 2.75) is 45.6 Å². The molecule has 0 heterocycles. The maximum Gasteiger partial charge on any atom is 0.246 e. The number of hydrogen-bond acceptors (Lipinski definition) is 2. The van der Waals surface area contributed by atoms with Crippen LogP contribution in [0.5, 0.6) is 0 Å². The van der Waals surface area contributed by atoms with E-state index in [1.54, 1.807) is 6.08 Å². The molecule has 0 atom stereocenters. The third-order valence-corrected chi connectivity index (χ3v) is 3.81. The number of hydrogen-bond donors (Lipinski definition) is 0. The minimum absolute atomic E-state index is 0.180. The van der Waals surface area contributed by atoms with Crippen LogP contribution in [0.4, 0.5) is 0 Å². The lowest BCUT2D eigenvalue weighted by molar-refractivity contribution is -0.129. The number of allylic oxidation sites excluding steroid dienone is 1. The summed E-state index contributed by atoms with van der Waals surface area (Å²) in [6.07, 6.45) is 8.39. The summed E-state index contributed by atoms with van der Waals surface area (Å²) < 4.78 is 0. The first-order chi connectivity index (χ1) is 8.54. The fraction of sp³-hybridized carbons (Fsp3) is 0.800. The lowest BCUT2D eigenvalue weighted by Gasteiger charge is -2.36. The Hall–Kier alpha value is -0.830. The smallest absolute Gasteiger partial charge is 0.246 e. The Morgan fingerprint density at radius 1 is 1.17 bits per heavy atom. The average molecular weight is 252 g/mol. The van der Waals surface area contributed by atoms with Gasteiger partial charge in [-0.15, -0.1) is 0 Å². The zero-order valence-electron chi connectivity index (χ0n) is 12.4. The molecule has 1 rings (SSSR count). The van der Waals surface area contributed by atoms with Crippen molar-refractivity contribution in [3.63, 3.8) is 0 Å². The molecule has 0 N–H and O–H groups in total. The SMILES string of the molecule is CC=CC(=O)N(CCN(C)C)C1CCC(C)CC1. The van der Waals surface area contributed by atoms with E-state index in [1.807, 2.05) is 13.0 Å². The van der Waals surface area contributed by atoms with Gasteiger partial charge in [0.1, 0.15) is 0 Å². The first kappa shape index (κ1) is 15.2. The van der Waals surface area contributed by atoms with E-state index in [-0.39, 0.29) is 5.91 Å². The molecule has 0 aromatic carbocycles. The van der Waals surface area contributed by atoms with Gasteiger partial charge in [-0.05, 0) is 58.7 Å². The zero-order valence-corrected chi connectivity index (χ0v) is 12.4. The minimum Gasteiger partial charge on any atom is -0.335 e. The highest BCUT2D eigenvalue weighted by molar-refractivity contribution is 5.87. The van der Waals surface area contributed by atoms with Crippen LogP contribution in [0, 0.1) is 5.92 Å². The molecule has 0 aromatic rings. The topological polar surface area (TPSA) is 23.6 Å². The molecule has 104 valence electrons. The molecule has 0 saturated heterocycles. The molecule has 1 fully saturated rings. The molecule has 1 aliphatic carbocycles. The van der Waals surface area contributed by atoms with Crippen molar-refractivity contribution in [3.8, 4) is 0 Å². The van der Waals surface area contributed by atoms with Crippen molar-refractivity contribution in [2.75, 3.05) is 27.2 Å². The second-order valence-electron chi connectivity index (χ2n) is 5.75. The van der Waals surface area contributed by atoms with Crippen LogP contribution in [-0.2, 0) is 4.79 Å². The van der Waals surface area contributed by atoms with Crippen molar-refractivity contribution in [2.24, 2.45) is 5.92 Å². The van der Waals surface area contributed by atoms with Gasteiger partial charge in [0.25, 0.3) is 0 Å². The monoisotopic (exact) mass is 252 g/mol. The zero-order chi connectivity index (χ0) is 13.5. The normalized spacial score (nSPS) is 24.7. The Balaban J connectivity index is 2.61. The van der Waals surface area contributed by atoms with Gasteiger partial charge in [-0.25, -0.2) is 0 Å². The third kappa shape index (κ3) is 4.81. The summed E-state index contributed by atoms with van der Waals surface area (Å²) in [7, 11) is 4.11.